The van der Waals surface area contributed by atoms with Gasteiger partial charge >= 0.3 is 0 Å². The lowest BCUT2D eigenvalue weighted by Crippen LogP contribution is -2.41. The lowest BCUT2D eigenvalue weighted by molar-refractivity contribution is 0.0977. The Kier molecular flexibility index (Phi) is 5.57. The van der Waals surface area contributed by atoms with Crippen molar-refractivity contribution in [2.75, 3.05) is 12.5 Å². The Morgan fingerprint density at radius 2 is 1.91 bits per heavy atom. The molecule has 0 spiro atoms. The molecule has 0 saturated heterocycles. The third-order valence-corrected chi connectivity index (χ3v) is 3.23. The van der Waals surface area contributed by atoms with Gasteiger partial charge in [-0.25, -0.2) is 0 Å². The van der Waals surface area contributed by atoms with Gasteiger partial charge in [0.05, 0.1) is 17.8 Å². The van der Waals surface area contributed by atoms with Crippen molar-refractivity contribution in [1.29, 1.82) is 0 Å². The van der Waals surface area contributed by atoms with Gasteiger partial charge in [0.15, 0.2) is 5.11 Å². The van der Waals surface area contributed by atoms with Crippen molar-refractivity contribution in [2.45, 2.75) is 0 Å². The van der Waals surface area contributed by atoms with Crippen LogP contribution in [-0.2, 0) is 0 Å². The van der Waals surface area contributed by atoms with Crippen LogP contribution in [0.15, 0.2) is 48.5 Å². The van der Waals surface area contributed by atoms with E-state index in [9.17, 15) is 4.79 Å². The number of hydrogen-bond acceptors (Lipinski definition) is 4. The highest BCUT2D eigenvalue weighted by Crippen LogP contribution is 2.24. The summed E-state index contributed by atoms with van der Waals surface area (Å²) in [5.41, 5.74) is 6.82. The molecule has 0 bridgehead atoms. The quantitative estimate of drug-likeness (QED) is 0.592. The number of carbonyl (C=O) groups excluding carboxylic acids is 1. The van der Waals surface area contributed by atoms with Crippen molar-refractivity contribution in [3.05, 3.63) is 59.1 Å². The van der Waals surface area contributed by atoms with Gasteiger partial charge in [-0.3, -0.25) is 21.0 Å². The molecule has 0 unspecified atom stereocenters. The van der Waals surface area contributed by atoms with E-state index >= 15 is 0 Å². The summed E-state index contributed by atoms with van der Waals surface area (Å²) < 4.78 is 5.04. The number of hydrazine groups is 1. The predicted molar refractivity (Wildman–Crippen MR) is 91.3 cm³/mol. The zero-order valence-electron chi connectivity index (χ0n) is 11.7. The van der Waals surface area contributed by atoms with Crippen molar-refractivity contribution >= 4 is 40.5 Å². The summed E-state index contributed by atoms with van der Waals surface area (Å²) in [5.74, 6) is 0.140. The molecule has 5 nitrogen and oxygen atoms in total. The highest BCUT2D eigenvalue weighted by Gasteiger charge is 2.10. The minimum Gasteiger partial charge on any atom is -0.495 e. The smallest absolute Gasteiger partial charge is 0.257 e. The molecule has 1 amide bonds. The molecule has 7 heteroatoms. The third-order valence-electron chi connectivity index (χ3n) is 2.74. The number of carbonyl (C=O) groups is 1. The predicted octanol–water partition coefficient (Wildman–Crippen LogP) is 2.98. The first-order valence-corrected chi connectivity index (χ1v) is 7.14. The van der Waals surface area contributed by atoms with Crippen LogP contribution in [0.2, 0.25) is 5.02 Å². The lowest BCUT2D eigenvalue weighted by atomic mass is 10.2. The van der Waals surface area contributed by atoms with E-state index in [-0.39, 0.29) is 11.0 Å². The first kappa shape index (κ1) is 16.1. The summed E-state index contributed by atoms with van der Waals surface area (Å²) in [4.78, 5) is 12.1. The second-order valence-electron chi connectivity index (χ2n) is 4.25. The van der Waals surface area contributed by atoms with Crippen LogP contribution in [0.25, 0.3) is 0 Å². The van der Waals surface area contributed by atoms with Crippen molar-refractivity contribution in [2.24, 2.45) is 0 Å². The number of benzene rings is 2. The number of anilines is 1. The van der Waals surface area contributed by atoms with Gasteiger partial charge in [0, 0.05) is 5.56 Å². The van der Waals surface area contributed by atoms with E-state index in [1.54, 1.807) is 12.1 Å². The highest BCUT2D eigenvalue weighted by molar-refractivity contribution is 7.80. The van der Waals surface area contributed by atoms with Crippen LogP contribution in [-0.4, -0.2) is 18.1 Å². The maximum Gasteiger partial charge on any atom is 0.257 e. The molecule has 2 aromatic carbocycles. The minimum absolute atomic E-state index is 0.154. The standard InChI is InChI=1S/C15H14ClN3O2S/c1-21-13-8-7-10(9-12(13)16)14(20)17-15(22)19-18-11-5-3-2-4-6-11/h2-9,18H,1H3,(H2,17,19,20,22). The summed E-state index contributed by atoms with van der Waals surface area (Å²) in [6.07, 6.45) is 0. The summed E-state index contributed by atoms with van der Waals surface area (Å²) in [6.45, 7) is 0. The Labute approximate surface area is 138 Å². The molecule has 0 aromatic heterocycles. The third kappa shape index (κ3) is 4.34. The Balaban J connectivity index is 1.91. The fourth-order valence-corrected chi connectivity index (χ4v) is 2.07. The second kappa shape index (κ2) is 7.63. The molecule has 0 aliphatic carbocycles. The first-order chi connectivity index (χ1) is 10.6. The molecule has 0 heterocycles. The molecule has 0 fully saturated rings. The molecule has 0 aliphatic rings. The van der Waals surface area contributed by atoms with Crippen LogP contribution in [0.1, 0.15) is 10.4 Å². The Morgan fingerprint density at radius 1 is 1.18 bits per heavy atom. The zero-order valence-corrected chi connectivity index (χ0v) is 13.3. The van der Waals surface area contributed by atoms with Gasteiger partial charge in [0.1, 0.15) is 5.75 Å². The minimum atomic E-state index is -0.364. The monoisotopic (exact) mass is 335 g/mol. The Bertz CT molecular complexity index is 680. The van der Waals surface area contributed by atoms with Crippen LogP contribution in [0, 0.1) is 0 Å². The van der Waals surface area contributed by atoms with Crippen molar-refractivity contribution in [3.8, 4) is 5.75 Å². The van der Waals surface area contributed by atoms with Gasteiger partial charge in [-0.2, -0.15) is 0 Å². The van der Waals surface area contributed by atoms with Crippen LogP contribution >= 0.6 is 23.8 Å². The van der Waals surface area contributed by atoms with Gasteiger partial charge in [-0.15, -0.1) is 0 Å². The normalized spacial score (nSPS) is 9.73. The van der Waals surface area contributed by atoms with Gasteiger partial charge in [-0.1, -0.05) is 29.8 Å². The number of nitrogens with one attached hydrogen (secondary N) is 3. The molecule has 0 radical (unpaired) electrons. The largest absolute Gasteiger partial charge is 0.495 e. The summed E-state index contributed by atoms with van der Waals surface area (Å²) in [5, 5.41) is 3.06. The summed E-state index contributed by atoms with van der Waals surface area (Å²) >= 11 is 11.0. The highest BCUT2D eigenvalue weighted by atomic mass is 35.5. The van der Waals surface area contributed by atoms with Gasteiger partial charge in [-0.05, 0) is 42.5 Å². The van der Waals surface area contributed by atoms with Crippen LogP contribution in [0.4, 0.5) is 5.69 Å². The number of thiocarbonyl (C=S) groups is 1. The summed E-state index contributed by atoms with van der Waals surface area (Å²) in [6, 6.07) is 14.1. The van der Waals surface area contributed by atoms with Crippen LogP contribution < -0.4 is 20.9 Å². The summed E-state index contributed by atoms with van der Waals surface area (Å²) in [7, 11) is 1.51. The van der Waals surface area contributed by atoms with E-state index in [0.717, 1.165) is 5.69 Å². The van der Waals surface area contributed by atoms with E-state index in [4.69, 9.17) is 28.6 Å². The number of para-hydroxylation sites is 1. The van der Waals surface area contributed by atoms with Crippen molar-refractivity contribution < 1.29 is 9.53 Å². The van der Waals surface area contributed by atoms with E-state index in [1.807, 2.05) is 30.3 Å². The molecule has 22 heavy (non-hydrogen) atoms. The maximum atomic E-state index is 12.1. The fourth-order valence-electron chi connectivity index (χ4n) is 1.66. The van der Waals surface area contributed by atoms with Crippen molar-refractivity contribution in [3.63, 3.8) is 0 Å². The first-order valence-electron chi connectivity index (χ1n) is 6.36. The average molecular weight is 336 g/mol. The van der Waals surface area contributed by atoms with E-state index in [2.05, 4.69) is 16.2 Å². The molecule has 0 aliphatic heterocycles. The van der Waals surface area contributed by atoms with Crippen molar-refractivity contribution in [1.82, 2.24) is 10.7 Å². The van der Waals surface area contributed by atoms with Crippen LogP contribution in [0.5, 0.6) is 5.75 Å². The topological polar surface area (TPSA) is 62.4 Å². The molecule has 114 valence electrons. The number of ether oxygens (including phenoxy) is 1. The lowest BCUT2D eigenvalue weighted by Gasteiger charge is -2.12. The van der Waals surface area contributed by atoms with Crippen LogP contribution in [0.3, 0.4) is 0 Å². The number of halogens is 1. The van der Waals surface area contributed by atoms with Gasteiger partial charge in [0.25, 0.3) is 5.91 Å². The SMILES string of the molecule is COc1ccc(C(=O)NC(=S)NNc2ccccc2)cc1Cl. The number of hydrogen-bond donors (Lipinski definition) is 3. The van der Waals surface area contributed by atoms with E-state index < -0.39 is 0 Å². The number of amides is 1. The van der Waals surface area contributed by atoms with Gasteiger partial charge < -0.3 is 4.74 Å². The van der Waals surface area contributed by atoms with E-state index in [1.165, 1.54) is 13.2 Å². The van der Waals surface area contributed by atoms with Gasteiger partial charge in [0.2, 0.25) is 0 Å². The fraction of sp³-hybridized carbons (Fsp3) is 0.0667. The Hall–Kier alpha value is -2.31. The number of rotatable bonds is 4. The van der Waals surface area contributed by atoms with E-state index in [0.29, 0.717) is 16.3 Å². The molecule has 2 aromatic rings. The number of methoxy groups -OCH3 is 1. The molecule has 2 rings (SSSR count). The maximum absolute atomic E-state index is 12.1. The molecular formula is C15H14ClN3O2S. The molecule has 0 atom stereocenters. The second-order valence-corrected chi connectivity index (χ2v) is 5.06. The zero-order chi connectivity index (χ0) is 15.9. The average Bonchev–Trinajstić information content (AvgIpc) is 2.53. The Morgan fingerprint density at radius 3 is 2.55 bits per heavy atom. The molecule has 3 N–H and O–H groups in total. The molecular weight excluding hydrogens is 322 g/mol. The molecule has 0 saturated carbocycles.